The molecule has 0 bridgehead atoms. The van der Waals surface area contributed by atoms with Gasteiger partial charge >= 0.3 is 0 Å². The van der Waals surface area contributed by atoms with E-state index in [1.807, 2.05) is 78.9 Å². The molecule has 0 aliphatic carbocycles. The van der Waals surface area contributed by atoms with E-state index in [1.54, 1.807) is 0 Å². The van der Waals surface area contributed by atoms with Crippen LogP contribution in [0.5, 0.6) is 0 Å². The number of nitriles is 2. The third-order valence-electron chi connectivity index (χ3n) is 13.1. The van der Waals surface area contributed by atoms with Crippen molar-refractivity contribution in [3.8, 4) is 63.1 Å². The molecule has 0 atom stereocenters. The van der Waals surface area contributed by atoms with Gasteiger partial charge in [-0.1, -0.05) is 133 Å². The second-order valence-electron chi connectivity index (χ2n) is 16.8. The molecule has 4 heterocycles. The number of fused-ring (bicyclic) bond motifs is 9. The number of rotatable bonds is 6. The lowest BCUT2D eigenvalue weighted by Gasteiger charge is -2.15. The van der Waals surface area contributed by atoms with Gasteiger partial charge in [-0.3, -0.25) is 0 Å². The highest BCUT2D eigenvalue weighted by atomic mass is 15.0. The summed E-state index contributed by atoms with van der Waals surface area (Å²) in [7, 11) is 0. The third-order valence-corrected chi connectivity index (χ3v) is 13.1. The summed E-state index contributed by atoms with van der Waals surface area (Å²) in [4.78, 5) is 10.0. The molecule has 4 aromatic heterocycles. The number of nitrogens with zero attached hydrogens (tertiary/aromatic N) is 7. The van der Waals surface area contributed by atoms with Crippen LogP contribution in [0.2, 0.25) is 0 Å². The Kier molecular flexibility index (Phi) is 8.51. The lowest BCUT2D eigenvalue weighted by atomic mass is 9.98. The number of hydrogen-bond donors (Lipinski definition) is 0. The molecule has 0 amide bonds. The molecule has 0 unspecified atom stereocenters. The molecule has 13 aromatic rings. The Morgan fingerprint density at radius 1 is 0.328 bits per heavy atom. The molecule has 0 aliphatic rings. The standard InChI is InChI=1S/C60H35N7/c61-36-40-32-59(41(37-62)31-48(40)52-35-51(38-15-3-1-4-16-38)63-60(64-52)39-17-5-2-6-18-39)67-57-29-27-42(65-53-23-11-7-19-44(53)45-20-8-12-24-54(45)65)33-49(57)50-34-43(28-30-58(50)67)66-55-25-13-9-21-46(55)47-22-10-14-26-56(47)66/h1-35H. The van der Waals surface area contributed by atoms with Gasteiger partial charge in [-0.2, -0.15) is 10.5 Å². The molecular formula is C60H35N7. The summed E-state index contributed by atoms with van der Waals surface area (Å²) in [6.45, 7) is 0. The number of benzene rings is 9. The zero-order valence-electron chi connectivity index (χ0n) is 35.8. The Morgan fingerprint density at radius 3 is 1.22 bits per heavy atom. The topological polar surface area (TPSA) is 88.1 Å². The van der Waals surface area contributed by atoms with E-state index < -0.39 is 0 Å². The van der Waals surface area contributed by atoms with Gasteiger partial charge < -0.3 is 13.7 Å². The Labute approximate surface area is 384 Å². The molecule has 0 saturated heterocycles. The fraction of sp³-hybridized carbons (Fsp3) is 0. The molecule has 0 aliphatic heterocycles. The van der Waals surface area contributed by atoms with Crippen LogP contribution in [0.1, 0.15) is 11.1 Å². The first-order valence-electron chi connectivity index (χ1n) is 22.2. The van der Waals surface area contributed by atoms with E-state index in [4.69, 9.17) is 9.97 Å². The van der Waals surface area contributed by atoms with Crippen molar-refractivity contribution in [2.45, 2.75) is 0 Å². The fourth-order valence-corrected chi connectivity index (χ4v) is 10.2. The Balaban J connectivity index is 1.07. The highest BCUT2D eigenvalue weighted by molar-refractivity contribution is 6.14. The summed E-state index contributed by atoms with van der Waals surface area (Å²) < 4.78 is 6.81. The van der Waals surface area contributed by atoms with Crippen molar-refractivity contribution in [3.63, 3.8) is 0 Å². The molecule has 0 spiro atoms. The lowest BCUT2D eigenvalue weighted by molar-refractivity contribution is 1.14. The summed E-state index contributed by atoms with van der Waals surface area (Å²) in [5.74, 6) is 0.531. The minimum absolute atomic E-state index is 0.393. The Hall–Kier alpha value is -9.56. The molecule has 9 aromatic carbocycles. The van der Waals surface area contributed by atoms with Crippen LogP contribution >= 0.6 is 0 Å². The van der Waals surface area contributed by atoms with Gasteiger partial charge in [0.1, 0.15) is 6.07 Å². The van der Waals surface area contributed by atoms with Gasteiger partial charge in [0.15, 0.2) is 5.82 Å². The van der Waals surface area contributed by atoms with Gasteiger partial charge in [0.25, 0.3) is 0 Å². The number of hydrogen-bond acceptors (Lipinski definition) is 4. The second-order valence-corrected chi connectivity index (χ2v) is 16.8. The average molecular weight is 854 g/mol. The summed E-state index contributed by atoms with van der Waals surface area (Å²) in [5.41, 5.74) is 13.4. The molecule has 67 heavy (non-hydrogen) atoms. The number of aromatic nitrogens is 5. The SMILES string of the molecule is N#Cc1cc(-n2c3ccc(-n4c5ccccc5c5ccccc54)cc3c3cc(-n4c5ccccc5c5ccccc54)ccc32)c(C#N)cc1-c1cc(-c2ccccc2)nc(-c2ccccc2)n1. The predicted molar refractivity (Wildman–Crippen MR) is 271 cm³/mol. The van der Waals surface area contributed by atoms with E-state index >= 15 is 0 Å². The zero-order chi connectivity index (χ0) is 44.6. The third kappa shape index (κ3) is 5.90. The van der Waals surface area contributed by atoms with E-state index in [0.29, 0.717) is 33.9 Å². The normalized spacial score (nSPS) is 11.6. The van der Waals surface area contributed by atoms with Gasteiger partial charge in [-0.05, 0) is 78.9 Å². The van der Waals surface area contributed by atoms with Crippen LogP contribution in [0, 0.1) is 22.7 Å². The second kappa shape index (κ2) is 15.0. The largest absolute Gasteiger partial charge is 0.309 e. The monoisotopic (exact) mass is 853 g/mol. The van der Waals surface area contributed by atoms with Crippen molar-refractivity contribution in [3.05, 3.63) is 223 Å². The highest BCUT2D eigenvalue weighted by Crippen LogP contribution is 2.41. The van der Waals surface area contributed by atoms with Crippen LogP contribution < -0.4 is 0 Å². The molecule has 7 heteroatoms. The number of para-hydroxylation sites is 4. The maximum absolute atomic E-state index is 11.1. The van der Waals surface area contributed by atoms with Gasteiger partial charge in [-0.15, -0.1) is 0 Å². The quantitative estimate of drug-likeness (QED) is 0.167. The zero-order valence-corrected chi connectivity index (χ0v) is 35.8. The van der Waals surface area contributed by atoms with Crippen LogP contribution in [0.4, 0.5) is 0 Å². The molecule has 0 radical (unpaired) electrons. The Morgan fingerprint density at radius 2 is 0.746 bits per heavy atom. The highest BCUT2D eigenvalue weighted by Gasteiger charge is 2.23. The summed E-state index contributed by atoms with van der Waals surface area (Å²) in [6, 6.07) is 77.7. The van der Waals surface area contributed by atoms with Gasteiger partial charge in [0, 0.05) is 60.4 Å². The summed E-state index contributed by atoms with van der Waals surface area (Å²) in [6.07, 6.45) is 0. The van der Waals surface area contributed by atoms with Crippen molar-refractivity contribution in [1.29, 1.82) is 10.5 Å². The van der Waals surface area contributed by atoms with E-state index in [0.717, 1.165) is 72.1 Å². The van der Waals surface area contributed by atoms with Crippen LogP contribution in [-0.2, 0) is 0 Å². The molecular weight excluding hydrogens is 819 g/mol. The van der Waals surface area contributed by atoms with Crippen molar-refractivity contribution >= 4 is 65.4 Å². The lowest BCUT2D eigenvalue weighted by Crippen LogP contribution is -2.02. The van der Waals surface area contributed by atoms with Crippen molar-refractivity contribution in [1.82, 2.24) is 23.7 Å². The molecule has 13 rings (SSSR count). The van der Waals surface area contributed by atoms with Crippen LogP contribution in [-0.4, -0.2) is 23.7 Å². The van der Waals surface area contributed by atoms with Gasteiger partial charge in [-0.25, -0.2) is 9.97 Å². The van der Waals surface area contributed by atoms with Crippen LogP contribution in [0.15, 0.2) is 212 Å². The smallest absolute Gasteiger partial charge is 0.160 e. The van der Waals surface area contributed by atoms with Crippen molar-refractivity contribution in [2.24, 2.45) is 0 Å². The van der Waals surface area contributed by atoms with Crippen molar-refractivity contribution in [2.75, 3.05) is 0 Å². The van der Waals surface area contributed by atoms with E-state index in [-0.39, 0.29) is 0 Å². The minimum atomic E-state index is 0.393. The molecule has 0 fully saturated rings. The average Bonchev–Trinajstić information content (AvgIpc) is 4.04. The molecule has 7 nitrogen and oxygen atoms in total. The van der Waals surface area contributed by atoms with Gasteiger partial charge in [0.2, 0.25) is 0 Å². The maximum atomic E-state index is 11.1. The maximum Gasteiger partial charge on any atom is 0.160 e. The molecule has 0 N–H and O–H groups in total. The van der Waals surface area contributed by atoms with E-state index in [9.17, 15) is 10.5 Å². The predicted octanol–water partition coefficient (Wildman–Crippen LogP) is 14.5. The van der Waals surface area contributed by atoms with Crippen molar-refractivity contribution < 1.29 is 0 Å². The Bertz CT molecular complexity index is 3900. The van der Waals surface area contributed by atoms with Gasteiger partial charge in [0.05, 0.1) is 67.4 Å². The first-order valence-corrected chi connectivity index (χ1v) is 22.2. The summed E-state index contributed by atoms with van der Waals surface area (Å²) >= 11 is 0. The minimum Gasteiger partial charge on any atom is -0.309 e. The van der Waals surface area contributed by atoms with Crippen LogP contribution in [0.25, 0.3) is 116 Å². The summed E-state index contributed by atoms with van der Waals surface area (Å²) in [5, 5.41) is 28.9. The van der Waals surface area contributed by atoms with E-state index in [2.05, 4.69) is 159 Å². The van der Waals surface area contributed by atoms with Crippen LogP contribution in [0.3, 0.4) is 0 Å². The molecule has 0 saturated carbocycles. The first-order chi connectivity index (χ1) is 33.1. The fourth-order valence-electron chi connectivity index (χ4n) is 10.2. The van der Waals surface area contributed by atoms with E-state index in [1.165, 1.54) is 21.5 Å². The molecule has 310 valence electrons. The first kappa shape index (κ1) is 37.9.